The van der Waals surface area contributed by atoms with Crippen molar-refractivity contribution in [2.75, 3.05) is 39.6 Å². The van der Waals surface area contributed by atoms with Crippen molar-refractivity contribution in [1.82, 2.24) is 10.6 Å². The number of methoxy groups -OCH3 is 1. The summed E-state index contributed by atoms with van der Waals surface area (Å²) in [6, 6.07) is 0. The minimum absolute atomic E-state index is 0.0769. The number of carbonyl (C=O) groups excluding carboxylic acids is 1. The Labute approximate surface area is 102 Å². The van der Waals surface area contributed by atoms with Crippen molar-refractivity contribution in [3.05, 3.63) is 0 Å². The molecule has 1 rings (SSSR count). The summed E-state index contributed by atoms with van der Waals surface area (Å²) in [7, 11) is 1.67. The van der Waals surface area contributed by atoms with Gasteiger partial charge in [0.2, 0.25) is 5.91 Å². The van der Waals surface area contributed by atoms with Crippen molar-refractivity contribution in [2.24, 2.45) is 0 Å². The Balaban J connectivity index is 1.94. The van der Waals surface area contributed by atoms with Gasteiger partial charge in [0, 0.05) is 31.6 Å². The van der Waals surface area contributed by atoms with E-state index in [-0.39, 0.29) is 5.91 Å². The van der Waals surface area contributed by atoms with Crippen molar-refractivity contribution in [1.29, 1.82) is 0 Å². The van der Waals surface area contributed by atoms with E-state index in [1.165, 1.54) is 12.8 Å². The minimum Gasteiger partial charge on any atom is -0.385 e. The number of thioether (sulfide) groups is 1. The first kappa shape index (κ1) is 13.8. The summed E-state index contributed by atoms with van der Waals surface area (Å²) >= 11 is 1.90. The van der Waals surface area contributed by atoms with Gasteiger partial charge in [0.25, 0.3) is 0 Å². The van der Waals surface area contributed by atoms with Crippen LogP contribution in [0.5, 0.6) is 0 Å². The zero-order valence-electron chi connectivity index (χ0n) is 10.2. The molecule has 2 N–H and O–H groups in total. The van der Waals surface area contributed by atoms with Crippen LogP contribution >= 0.6 is 11.8 Å². The highest BCUT2D eigenvalue weighted by atomic mass is 32.2. The second kappa shape index (κ2) is 7.14. The van der Waals surface area contributed by atoms with Crippen LogP contribution in [0, 0.1) is 0 Å². The lowest BCUT2D eigenvalue weighted by Crippen LogP contribution is -2.37. The maximum atomic E-state index is 11.4. The van der Waals surface area contributed by atoms with Gasteiger partial charge in [-0.15, -0.1) is 0 Å². The molecule has 1 aliphatic carbocycles. The SMILES string of the molecule is COCCCNC(=O)CNCC1(SC)CC1. The molecule has 0 spiro atoms. The third-order valence-electron chi connectivity index (χ3n) is 2.82. The lowest BCUT2D eigenvalue weighted by Gasteiger charge is -2.12. The molecule has 0 unspecified atom stereocenters. The van der Waals surface area contributed by atoms with E-state index in [1.807, 2.05) is 11.8 Å². The second-order valence-electron chi connectivity index (χ2n) is 4.19. The molecule has 1 amide bonds. The van der Waals surface area contributed by atoms with Crippen LogP contribution in [-0.4, -0.2) is 50.3 Å². The van der Waals surface area contributed by atoms with E-state index >= 15 is 0 Å². The van der Waals surface area contributed by atoms with Gasteiger partial charge in [0.1, 0.15) is 0 Å². The number of hydrogen-bond acceptors (Lipinski definition) is 4. The van der Waals surface area contributed by atoms with Crippen LogP contribution in [0.4, 0.5) is 0 Å². The van der Waals surface area contributed by atoms with Crippen molar-refractivity contribution < 1.29 is 9.53 Å². The summed E-state index contributed by atoms with van der Waals surface area (Å²) in [5.41, 5.74) is 0. The smallest absolute Gasteiger partial charge is 0.233 e. The van der Waals surface area contributed by atoms with E-state index in [2.05, 4.69) is 16.9 Å². The molecule has 94 valence electrons. The first-order valence-corrected chi connectivity index (χ1v) is 6.96. The molecule has 0 heterocycles. The minimum atomic E-state index is 0.0769. The average Bonchev–Trinajstić information content (AvgIpc) is 3.05. The van der Waals surface area contributed by atoms with E-state index in [0.717, 1.165) is 13.0 Å². The zero-order chi connectivity index (χ0) is 11.9. The number of rotatable bonds is 9. The number of nitrogens with one attached hydrogen (secondary N) is 2. The maximum Gasteiger partial charge on any atom is 0.233 e. The highest BCUT2D eigenvalue weighted by Crippen LogP contribution is 2.46. The molecule has 5 heteroatoms. The fourth-order valence-corrected chi connectivity index (χ4v) is 2.26. The van der Waals surface area contributed by atoms with Crippen LogP contribution in [0.2, 0.25) is 0 Å². The third-order valence-corrected chi connectivity index (χ3v) is 4.24. The molecule has 16 heavy (non-hydrogen) atoms. The van der Waals surface area contributed by atoms with Gasteiger partial charge in [-0.05, 0) is 25.5 Å². The van der Waals surface area contributed by atoms with Gasteiger partial charge in [0.15, 0.2) is 0 Å². The predicted octanol–water partition coefficient (Wildman–Crippen LogP) is 0.624. The topological polar surface area (TPSA) is 50.4 Å². The summed E-state index contributed by atoms with van der Waals surface area (Å²) in [5, 5.41) is 6.07. The lowest BCUT2D eigenvalue weighted by molar-refractivity contribution is -0.120. The van der Waals surface area contributed by atoms with E-state index < -0.39 is 0 Å². The summed E-state index contributed by atoms with van der Waals surface area (Å²) in [4.78, 5) is 11.4. The van der Waals surface area contributed by atoms with Crippen molar-refractivity contribution in [3.8, 4) is 0 Å². The largest absolute Gasteiger partial charge is 0.385 e. The summed E-state index contributed by atoms with van der Waals surface area (Å²) in [6.45, 7) is 2.76. The Bertz CT molecular complexity index is 220. The number of amides is 1. The van der Waals surface area contributed by atoms with Gasteiger partial charge in [-0.25, -0.2) is 0 Å². The Morgan fingerprint density at radius 3 is 2.81 bits per heavy atom. The van der Waals surface area contributed by atoms with Gasteiger partial charge in [0.05, 0.1) is 6.54 Å². The molecular formula is C11H22N2O2S. The van der Waals surface area contributed by atoms with Gasteiger partial charge in [-0.3, -0.25) is 4.79 Å². The Kier molecular flexibility index (Phi) is 6.16. The first-order chi connectivity index (χ1) is 7.72. The molecule has 4 nitrogen and oxygen atoms in total. The molecule has 0 aromatic rings. The molecule has 0 saturated heterocycles. The molecule has 0 aliphatic heterocycles. The van der Waals surface area contributed by atoms with Crippen molar-refractivity contribution >= 4 is 17.7 Å². The molecule has 0 radical (unpaired) electrons. The Morgan fingerprint density at radius 1 is 1.50 bits per heavy atom. The second-order valence-corrected chi connectivity index (χ2v) is 5.46. The molecule has 0 aromatic heterocycles. The van der Waals surface area contributed by atoms with Crippen LogP contribution < -0.4 is 10.6 Å². The monoisotopic (exact) mass is 246 g/mol. The number of ether oxygens (including phenoxy) is 1. The van der Waals surface area contributed by atoms with Gasteiger partial charge in [-0.1, -0.05) is 0 Å². The van der Waals surface area contributed by atoms with Gasteiger partial charge in [-0.2, -0.15) is 11.8 Å². The van der Waals surface area contributed by atoms with Crippen LogP contribution in [0.25, 0.3) is 0 Å². The summed E-state index contributed by atoms with van der Waals surface area (Å²) < 4.78 is 5.33. The highest BCUT2D eigenvalue weighted by molar-refractivity contribution is 8.00. The van der Waals surface area contributed by atoms with E-state index in [4.69, 9.17) is 4.74 Å². The fourth-order valence-electron chi connectivity index (χ4n) is 1.50. The fraction of sp³-hybridized carbons (Fsp3) is 0.909. The lowest BCUT2D eigenvalue weighted by atomic mass is 10.4. The summed E-state index contributed by atoms with van der Waals surface area (Å²) in [6.07, 6.45) is 5.56. The van der Waals surface area contributed by atoms with E-state index in [9.17, 15) is 4.79 Å². The maximum absolute atomic E-state index is 11.4. The van der Waals surface area contributed by atoms with Crippen LogP contribution in [-0.2, 0) is 9.53 Å². The van der Waals surface area contributed by atoms with Gasteiger partial charge >= 0.3 is 0 Å². The number of carbonyl (C=O) groups is 1. The predicted molar refractivity (Wildman–Crippen MR) is 67.9 cm³/mol. The Hall–Kier alpha value is -0.260. The molecule has 1 fully saturated rings. The standard InChI is InChI=1S/C11H22N2O2S/c1-15-7-3-6-13-10(14)8-12-9-11(16-2)4-5-11/h12H,3-9H2,1-2H3,(H,13,14). The average molecular weight is 246 g/mol. The zero-order valence-corrected chi connectivity index (χ0v) is 11.0. The van der Waals surface area contributed by atoms with E-state index in [0.29, 0.717) is 24.4 Å². The normalized spacial score (nSPS) is 17.1. The van der Waals surface area contributed by atoms with Gasteiger partial charge < -0.3 is 15.4 Å². The van der Waals surface area contributed by atoms with Crippen molar-refractivity contribution in [3.63, 3.8) is 0 Å². The molecule has 0 atom stereocenters. The molecule has 0 bridgehead atoms. The molecule has 0 aromatic carbocycles. The Morgan fingerprint density at radius 2 is 2.25 bits per heavy atom. The third kappa shape index (κ3) is 5.18. The van der Waals surface area contributed by atoms with E-state index in [1.54, 1.807) is 7.11 Å². The first-order valence-electron chi connectivity index (χ1n) is 5.74. The molecule has 1 aliphatic rings. The van der Waals surface area contributed by atoms with Crippen molar-refractivity contribution in [2.45, 2.75) is 24.0 Å². The van der Waals surface area contributed by atoms with Crippen LogP contribution in [0.3, 0.4) is 0 Å². The quantitative estimate of drug-likeness (QED) is 0.586. The van der Waals surface area contributed by atoms with Crippen LogP contribution in [0.1, 0.15) is 19.3 Å². The summed E-state index contributed by atoms with van der Waals surface area (Å²) in [5.74, 6) is 0.0769. The highest BCUT2D eigenvalue weighted by Gasteiger charge is 2.41. The van der Waals surface area contributed by atoms with Crippen LogP contribution in [0.15, 0.2) is 0 Å². The molecule has 1 saturated carbocycles. The number of hydrogen-bond donors (Lipinski definition) is 2. The molecular weight excluding hydrogens is 224 g/mol.